The van der Waals surface area contributed by atoms with Gasteiger partial charge in [-0.05, 0) is 24.6 Å². The van der Waals surface area contributed by atoms with Gasteiger partial charge in [-0.1, -0.05) is 6.07 Å². The Balaban J connectivity index is 2.91. The van der Waals surface area contributed by atoms with Crippen LogP contribution in [-0.2, 0) is 14.1 Å². The van der Waals surface area contributed by atoms with E-state index in [-0.39, 0.29) is 5.82 Å². The molecule has 2 aromatic rings. The first-order chi connectivity index (χ1) is 7.02. The van der Waals surface area contributed by atoms with Gasteiger partial charge in [-0.3, -0.25) is 0 Å². The normalized spacial score (nSPS) is 10.9. The first-order valence-corrected chi connectivity index (χ1v) is 4.70. The summed E-state index contributed by atoms with van der Waals surface area (Å²) in [5, 5.41) is 9.08. The minimum atomic E-state index is -0.908. The molecular weight excluding hydrogens is 192 g/mol. The fourth-order valence-electron chi connectivity index (χ4n) is 1.93. The molecular formula is C11H13N2O2+. The minimum absolute atomic E-state index is 0.288. The van der Waals surface area contributed by atoms with Gasteiger partial charge in [-0.15, -0.1) is 0 Å². The molecule has 78 valence electrons. The maximum Gasteiger partial charge on any atom is 0.419 e. The first-order valence-electron chi connectivity index (χ1n) is 4.70. The van der Waals surface area contributed by atoms with E-state index in [0.717, 1.165) is 16.6 Å². The highest BCUT2D eigenvalue weighted by Crippen LogP contribution is 2.14. The molecule has 0 unspecified atom stereocenters. The van der Waals surface area contributed by atoms with Crippen LogP contribution in [0.25, 0.3) is 11.0 Å². The molecule has 0 saturated carbocycles. The van der Waals surface area contributed by atoms with E-state index in [2.05, 4.69) is 0 Å². The Morgan fingerprint density at radius 3 is 2.73 bits per heavy atom. The molecule has 0 saturated heterocycles. The summed E-state index contributed by atoms with van der Waals surface area (Å²) in [4.78, 5) is 11.1. The summed E-state index contributed by atoms with van der Waals surface area (Å²) < 4.78 is 3.39. The van der Waals surface area contributed by atoms with Gasteiger partial charge in [0.15, 0.2) is 11.0 Å². The highest BCUT2D eigenvalue weighted by atomic mass is 16.4. The molecule has 0 aliphatic carbocycles. The van der Waals surface area contributed by atoms with E-state index in [0.29, 0.717) is 0 Å². The highest BCUT2D eigenvalue weighted by molar-refractivity contribution is 5.86. The van der Waals surface area contributed by atoms with E-state index in [1.807, 2.05) is 25.1 Å². The van der Waals surface area contributed by atoms with Gasteiger partial charge < -0.3 is 5.11 Å². The third-order valence-corrected chi connectivity index (χ3v) is 2.68. The van der Waals surface area contributed by atoms with Gasteiger partial charge in [0, 0.05) is 0 Å². The van der Waals surface area contributed by atoms with Crippen molar-refractivity contribution in [2.24, 2.45) is 14.1 Å². The van der Waals surface area contributed by atoms with E-state index in [4.69, 9.17) is 5.11 Å². The summed E-state index contributed by atoms with van der Waals surface area (Å²) in [6.45, 7) is 1.99. The lowest BCUT2D eigenvalue weighted by Crippen LogP contribution is -2.35. The van der Waals surface area contributed by atoms with Crippen molar-refractivity contribution in [1.82, 2.24) is 4.57 Å². The van der Waals surface area contributed by atoms with Gasteiger partial charge in [-0.25, -0.2) is 13.9 Å². The molecule has 0 atom stereocenters. The molecule has 1 N–H and O–H groups in total. The van der Waals surface area contributed by atoms with Crippen LogP contribution in [0.15, 0.2) is 18.2 Å². The summed E-state index contributed by atoms with van der Waals surface area (Å²) in [5.41, 5.74) is 3.00. The number of carboxylic acid groups (broad SMARTS) is 1. The third-order valence-electron chi connectivity index (χ3n) is 2.68. The van der Waals surface area contributed by atoms with E-state index in [9.17, 15) is 4.79 Å². The Bertz CT molecular complexity index is 555. The Morgan fingerprint density at radius 2 is 2.13 bits per heavy atom. The van der Waals surface area contributed by atoms with Gasteiger partial charge in [0.05, 0.1) is 14.1 Å². The molecule has 1 aromatic carbocycles. The van der Waals surface area contributed by atoms with E-state index in [1.165, 1.54) is 0 Å². The first kappa shape index (κ1) is 9.71. The topological polar surface area (TPSA) is 46.1 Å². The lowest BCUT2D eigenvalue weighted by atomic mass is 10.2. The number of imidazole rings is 1. The van der Waals surface area contributed by atoms with Crippen LogP contribution in [-0.4, -0.2) is 15.6 Å². The largest absolute Gasteiger partial charge is 0.472 e. The van der Waals surface area contributed by atoms with Crippen molar-refractivity contribution >= 4 is 17.0 Å². The minimum Gasteiger partial charge on any atom is -0.472 e. The second kappa shape index (κ2) is 3.08. The monoisotopic (exact) mass is 205 g/mol. The van der Waals surface area contributed by atoms with Crippen molar-refractivity contribution in [2.75, 3.05) is 0 Å². The van der Waals surface area contributed by atoms with Gasteiger partial charge >= 0.3 is 11.8 Å². The molecule has 15 heavy (non-hydrogen) atoms. The quantitative estimate of drug-likeness (QED) is 0.706. The lowest BCUT2D eigenvalue weighted by molar-refractivity contribution is -0.648. The predicted molar refractivity (Wildman–Crippen MR) is 55.8 cm³/mol. The van der Waals surface area contributed by atoms with Gasteiger partial charge in [0.25, 0.3) is 0 Å². The van der Waals surface area contributed by atoms with Crippen LogP contribution in [0.5, 0.6) is 0 Å². The van der Waals surface area contributed by atoms with Crippen molar-refractivity contribution in [1.29, 1.82) is 0 Å². The number of fused-ring (bicyclic) bond motifs is 1. The van der Waals surface area contributed by atoms with Crippen LogP contribution in [0, 0.1) is 6.92 Å². The molecule has 2 rings (SSSR count). The van der Waals surface area contributed by atoms with Crippen LogP contribution < -0.4 is 4.57 Å². The Kier molecular flexibility index (Phi) is 2.00. The number of rotatable bonds is 1. The molecule has 4 heteroatoms. The van der Waals surface area contributed by atoms with E-state index < -0.39 is 5.97 Å². The molecule has 0 aliphatic heterocycles. The number of nitrogens with zero attached hydrogens (tertiary/aromatic N) is 2. The van der Waals surface area contributed by atoms with E-state index in [1.54, 1.807) is 23.2 Å². The van der Waals surface area contributed by atoms with Crippen LogP contribution in [0.2, 0.25) is 0 Å². The van der Waals surface area contributed by atoms with Gasteiger partial charge in [0.2, 0.25) is 0 Å². The van der Waals surface area contributed by atoms with Crippen LogP contribution in [0.3, 0.4) is 0 Å². The standard InChI is InChI=1S/C11H12N2O2/c1-7-4-5-8-9(6-7)13(3)10(11(14)15)12(8)2/h4-6H,1-3H3/p+1. The Hall–Kier alpha value is -1.84. The zero-order chi connectivity index (χ0) is 11.2. The maximum atomic E-state index is 11.1. The highest BCUT2D eigenvalue weighted by Gasteiger charge is 2.25. The summed E-state index contributed by atoms with van der Waals surface area (Å²) in [6, 6.07) is 5.91. The number of carbonyl (C=O) groups is 1. The molecule has 0 bridgehead atoms. The number of aromatic carboxylic acids is 1. The molecule has 0 radical (unpaired) electrons. The van der Waals surface area contributed by atoms with Crippen molar-refractivity contribution in [3.05, 3.63) is 29.6 Å². The molecule has 0 fully saturated rings. The van der Waals surface area contributed by atoms with Crippen LogP contribution in [0.4, 0.5) is 0 Å². The number of benzene rings is 1. The summed E-state index contributed by atoms with van der Waals surface area (Å²) >= 11 is 0. The van der Waals surface area contributed by atoms with Gasteiger partial charge in [-0.2, -0.15) is 0 Å². The molecule has 1 heterocycles. The number of carboxylic acids is 1. The number of aryl methyl sites for hydroxylation is 3. The van der Waals surface area contributed by atoms with Crippen molar-refractivity contribution in [3.8, 4) is 0 Å². The molecule has 0 spiro atoms. The Labute approximate surface area is 87.4 Å². The second-order valence-electron chi connectivity index (χ2n) is 3.74. The number of aromatic nitrogens is 2. The smallest absolute Gasteiger partial charge is 0.419 e. The molecule has 4 nitrogen and oxygen atoms in total. The molecule has 1 aromatic heterocycles. The van der Waals surface area contributed by atoms with Crippen molar-refractivity contribution < 1.29 is 14.5 Å². The zero-order valence-corrected chi connectivity index (χ0v) is 8.98. The summed E-state index contributed by atoms with van der Waals surface area (Å²) in [6.07, 6.45) is 0. The van der Waals surface area contributed by atoms with Crippen molar-refractivity contribution in [3.63, 3.8) is 0 Å². The second-order valence-corrected chi connectivity index (χ2v) is 3.74. The lowest BCUT2D eigenvalue weighted by Gasteiger charge is -1.90. The average molecular weight is 205 g/mol. The van der Waals surface area contributed by atoms with Gasteiger partial charge in [0.1, 0.15) is 0 Å². The SMILES string of the molecule is Cc1ccc2c(c1)n(C)c(C(=O)O)[n+]2C. The fraction of sp³-hybridized carbons (Fsp3) is 0.273. The molecule has 0 amide bonds. The van der Waals surface area contributed by atoms with Crippen LogP contribution in [0.1, 0.15) is 16.2 Å². The summed E-state index contributed by atoms with van der Waals surface area (Å²) in [5.74, 6) is -0.621. The van der Waals surface area contributed by atoms with Crippen molar-refractivity contribution in [2.45, 2.75) is 6.92 Å². The Morgan fingerprint density at radius 1 is 1.47 bits per heavy atom. The van der Waals surface area contributed by atoms with E-state index >= 15 is 0 Å². The average Bonchev–Trinajstić information content (AvgIpc) is 2.39. The maximum absolute atomic E-state index is 11.1. The fourth-order valence-corrected chi connectivity index (χ4v) is 1.93. The zero-order valence-electron chi connectivity index (χ0n) is 8.98. The number of hydrogen-bond donors (Lipinski definition) is 1. The van der Waals surface area contributed by atoms with Crippen LogP contribution >= 0.6 is 0 Å². The molecule has 0 aliphatic rings. The number of hydrogen-bond acceptors (Lipinski definition) is 1. The predicted octanol–water partition coefficient (Wildman–Crippen LogP) is 1.01. The third kappa shape index (κ3) is 1.29. The summed E-state index contributed by atoms with van der Waals surface area (Å²) in [7, 11) is 3.53.